The summed E-state index contributed by atoms with van der Waals surface area (Å²) in [5, 5.41) is 7.52. The maximum atomic E-state index is 13.9. The monoisotopic (exact) mass is 277 g/mol. The van der Waals surface area contributed by atoms with E-state index >= 15 is 0 Å². The standard InChI is InChI=1S/C14H20FN5/c1-3-6-17-13(11-5-7-16-9-12(11)15)8-14-18-10-19-20(14)4-2/h5,7,9-10,13,17H,3-4,6,8H2,1-2H3. The maximum absolute atomic E-state index is 13.9. The van der Waals surface area contributed by atoms with Gasteiger partial charge in [0.2, 0.25) is 0 Å². The van der Waals surface area contributed by atoms with Crippen LogP contribution in [0.15, 0.2) is 24.8 Å². The summed E-state index contributed by atoms with van der Waals surface area (Å²) in [4.78, 5) is 8.07. The molecule has 1 atom stereocenters. The van der Waals surface area contributed by atoms with Crippen LogP contribution in [0.2, 0.25) is 0 Å². The molecule has 0 fully saturated rings. The first-order chi connectivity index (χ1) is 9.76. The molecule has 5 nitrogen and oxygen atoms in total. The first kappa shape index (κ1) is 14.6. The highest BCUT2D eigenvalue weighted by Crippen LogP contribution is 2.19. The summed E-state index contributed by atoms with van der Waals surface area (Å²) in [6.07, 6.45) is 6.00. The van der Waals surface area contributed by atoms with Gasteiger partial charge in [0.15, 0.2) is 0 Å². The minimum absolute atomic E-state index is 0.118. The second-order valence-electron chi connectivity index (χ2n) is 4.60. The fourth-order valence-corrected chi connectivity index (χ4v) is 2.17. The minimum atomic E-state index is -0.288. The lowest BCUT2D eigenvalue weighted by Gasteiger charge is -2.19. The summed E-state index contributed by atoms with van der Waals surface area (Å²) in [7, 11) is 0. The van der Waals surface area contributed by atoms with Gasteiger partial charge in [-0.2, -0.15) is 5.10 Å². The second-order valence-corrected chi connectivity index (χ2v) is 4.60. The van der Waals surface area contributed by atoms with E-state index in [4.69, 9.17) is 0 Å². The zero-order valence-corrected chi connectivity index (χ0v) is 11.9. The van der Waals surface area contributed by atoms with Crippen molar-refractivity contribution in [1.29, 1.82) is 0 Å². The normalized spacial score (nSPS) is 12.6. The first-order valence-corrected chi connectivity index (χ1v) is 6.95. The Morgan fingerprint density at radius 3 is 2.95 bits per heavy atom. The number of nitrogens with zero attached hydrogens (tertiary/aromatic N) is 4. The van der Waals surface area contributed by atoms with Gasteiger partial charge < -0.3 is 5.32 Å². The zero-order chi connectivity index (χ0) is 14.4. The molecule has 0 radical (unpaired) electrons. The molecule has 2 heterocycles. The Morgan fingerprint density at radius 2 is 2.25 bits per heavy atom. The highest BCUT2D eigenvalue weighted by Gasteiger charge is 2.18. The van der Waals surface area contributed by atoms with Gasteiger partial charge >= 0.3 is 0 Å². The van der Waals surface area contributed by atoms with E-state index in [0.717, 1.165) is 25.3 Å². The number of hydrogen-bond acceptors (Lipinski definition) is 4. The third-order valence-electron chi connectivity index (χ3n) is 3.20. The van der Waals surface area contributed by atoms with Gasteiger partial charge in [0.05, 0.1) is 6.20 Å². The van der Waals surface area contributed by atoms with Crippen molar-refractivity contribution in [2.45, 2.75) is 39.3 Å². The molecule has 2 rings (SSSR count). The molecule has 0 saturated heterocycles. The van der Waals surface area contributed by atoms with Crippen LogP contribution in [-0.4, -0.2) is 26.3 Å². The SMILES string of the molecule is CCCNC(Cc1ncnn1CC)c1ccncc1F. The third kappa shape index (κ3) is 3.39. The van der Waals surface area contributed by atoms with E-state index in [0.29, 0.717) is 12.0 Å². The van der Waals surface area contributed by atoms with E-state index in [1.165, 1.54) is 6.20 Å². The molecule has 108 valence electrons. The number of aryl methyl sites for hydroxylation is 1. The molecule has 2 aromatic heterocycles. The molecule has 1 unspecified atom stereocenters. The summed E-state index contributed by atoms with van der Waals surface area (Å²) < 4.78 is 15.8. The van der Waals surface area contributed by atoms with Crippen molar-refractivity contribution in [2.24, 2.45) is 0 Å². The molecule has 20 heavy (non-hydrogen) atoms. The van der Waals surface area contributed by atoms with Crippen molar-refractivity contribution in [3.8, 4) is 0 Å². The van der Waals surface area contributed by atoms with Crippen LogP contribution in [0.5, 0.6) is 0 Å². The van der Waals surface area contributed by atoms with Gasteiger partial charge in [-0.05, 0) is 26.0 Å². The van der Waals surface area contributed by atoms with Crippen LogP contribution in [-0.2, 0) is 13.0 Å². The average molecular weight is 277 g/mol. The predicted molar refractivity (Wildman–Crippen MR) is 74.6 cm³/mol. The molecule has 0 aliphatic heterocycles. The molecule has 0 aromatic carbocycles. The summed E-state index contributed by atoms with van der Waals surface area (Å²) in [6.45, 7) is 5.68. The highest BCUT2D eigenvalue weighted by atomic mass is 19.1. The van der Waals surface area contributed by atoms with Crippen molar-refractivity contribution in [3.63, 3.8) is 0 Å². The van der Waals surface area contributed by atoms with Crippen LogP contribution in [0, 0.1) is 5.82 Å². The third-order valence-corrected chi connectivity index (χ3v) is 3.20. The van der Waals surface area contributed by atoms with E-state index < -0.39 is 0 Å². The van der Waals surface area contributed by atoms with Gasteiger partial charge in [0.25, 0.3) is 0 Å². The Bertz CT molecular complexity index is 540. The van der Waals surface area contributed by atoms with Crippen LogP contribution in [0.1, 0.15) is 37.7 Å². The lowest BCUT2D eigenvalue weighted by molar-refractivity contribution is 0.473. The van der Waals surface area contributed by atoms with E-state index in [9.17, 15) is 4.39 Å². The molecule has 2 aromatic rings. The number of hydrogen-bond donors (Lipinski definition) is 1. The summed E-state index contributed by atoms with van der Waals surface area (Å²) >= 11 is 0. The largest absolute Gasteiger partial charge is 0.309 e. The van der Waals surface area contributed by atoms with Crippen LogP contribution in [0.4, 0.5) is 4.39 Å². The van der Waals surface area contributed by atoms with Gasteiger partial charge in [-0.1, -0.05) is 6.92 Å². The average Bonchev–Trinajstić information content (AvgIpc) is 2.91. The molecule has 6 heteroatoms. The van der Waals surface area contributed by atoms with Gasteiger partial charge in [-0.25, -0.2) is 9.37 Å². The molecule has 0 saturated carbocycles. The van der Waals surface area contributed by atoms with E-state index in [1.54, 1.807) is 18.6 Å². The highest BCUT2D eigenvalue weighted by molar-refractivity contribution is 5.18. The zero-order valence-electron chi connectivity index (χ0n) is 11.9. The van der Waals surface area contributed by atoms with Gasteiger partial charge in [0.1, 0.15) is 18.0 Å². The smallest absolute Gasteiger partial charge is 0.146 e. The summed E-state index contributed by atoms with van der Waals surface area (Å²) in [5.41, 5.74) is 0.624. The lowest BCUT2D eigenvalue weighted by atomic mass is 10.0. The van der Waals surface area contributed by atoms with Gasteiger partial charge in [-0.15, -0.1) is 0 Å². The van der Waals surface area contributed by atoms with Crippen LogP contribution >= 0.6 is 0 Å². The molecular weight excluding hydrogens is 257 g/mol. The van der Waals surface area contributed by atoms with Gasteiger partial charge in [-0.3, -0.25) is 9.67 Å². The maximum Gasteiger partial charge on any atom is 0.146 e. The Kier molecular flexibility index (Phi) is 5.17. The van der Waals surface area contributed by atoms with Crippen molar-refractivity contribution in [3.05, 3.63) is 42.0 Å². The Morgan fingerprint density at radius 1 is 1.40 bits per heavy atom. The molecule has 0 aliphatic carbocycles. The van der Waals surface area contributed by atoms with Crippen molar-refractivity contribution >= 4 is 0 Å². The van der Waals surface area contributed by atoms with E-state index in [2.05, 4.69) is 27.3 Å². The number of halogens is 1. The second kappa shape index (κ2) is 7.09. The summed E-state index contributed by atoms with van der Waals surface area (Å²) in [6, 6.07) is 1.60. The molecule has 0 bridgehead atoms. The van der Waals surface area contributed by atoms with Crippen LogP contribution in [0.3, 0.4) is 0 Å². The predicted octanol–water partition coefficient (Wildman–Crippen LogP) is 2.12. The van der Waals surface area contributed by atoms with Crippen LogP contribution in [0.25, 0.3) is 0 Å². The Balaban J connectivity index is 2.22. The van der Waals surface area contributed by atoms with Crippen molar-refractivity contribution in [2.75, 3.05) is 6.54 Å². The Labute approximate surface area is 118 Å². The molecular formula is C14H20FN5. The molecule has 0 spiro atoms. The number of rotatable bonds is 7. The summed E-state index contributed by atoms with van der Waals surface area (Å²) in [5.74, 6) is 0.570. The lowest BCUT2D eigenvalue weighted by Crippen LogP contribution is -2.26. The van der Waals surface area contributed by atoms with Gasteiger partial charge in [0, 0.05) is 30.8 Å². The first-order valence-electron chi connectivity index (χ1n) is 6.95. The topological polar surface area (TPSA) is 55.6 Å². The van der Waals surface area contributed by atoms with Crippen molar-refractivity contribution < 1.29 is 4.39 Å². The molecule has 0 aliphatic rings. The molecule has 1 N–H and O–H groups in total. The van der Waals surface area contributed by atoms with Crippen molar-refractivity contribution in [1.82, 2.24) is 25.1 Å². The number of nitrogens with one attached hydrogen (secondary N) is 1. The quantitative estimate of drug-likeness (QED) is 0.842. The van der Waals surface area contributed by atoms with E-state index in [-0.39, 0.29) is 11.9 Å². The fourth-order valence-electron chi connectivity index (χ4n) is 2.17. The fraction of sp³-hybridized carbons (Fsp3) is 0.500. The van der Waals surface area contributed by atoms with Crippen LogP contribution < -0.4 is 5.32 Å². The molecule has 0 amide bonds. The van der Waals surface area contributed by atoms with E-state index in [1.807, 2.05) is 11.6 Å². The Hall–Kier alpha value is -1.82. The minimum Gasteiger partial charge on any atom is -0.309 e. The number of aromatic nitrogens is 4. The number of pyridine rings is 1.